The molecule has 0 saturated carbocycles. The average Bonchev–Trinajstić information content (AvgIpc) is 2.77. The van der Waals surface area contributed by atoms with Crippen LogP contribution in [0.4, 0.5) is 0 Å². The second kappa shape index (κ2) is 9.99. The monoisotopic (exact) mass is 390 g/mol. The molecule has 0 amide bonds. The molecule has 3 aromatic carbocycles. The van der Waals surface area contributed by atoms with Gasteiger partial charge in [-0.15, -0.1) is 0 Å². The van der Waals surface area contributed by atoms with E-state index in [1.165, 1.54) is 6.08 Å². The average molecular weight is 390 g/mol. The van der Waals surface area contributed by atoms with Crippen LogP contribution in [0.3, 0.4) is 0 Å². The normalized spacial score (nSPS) is 10.6. The first-order chi connectivity index (χ1) is 14.2. The number of hydrogen-bond donors (Lipinski definition) is 0. The summed E-state index contributed by atoms with van der Waals surface area (Å²) in [6, 6.07) is 22.2. The second-order valence-corrected chi connectivity index (χ2v) is 6.08. The Kier molecular flexibility index (Phi) is 6.90. The van der Waals surface area contributed by atoms with E-state index in [4.69, 9.17) is 18.9 Å². The summed E-state index contributed by atoms with van der Waals surface area (Å²) in [6.07, 6.45) is 2.97. The summed E-state index contributed by atoms with van der Waals surface area (Å²) < 4.78 is 21.7. The SMILES string of the molecule is COc1cccc(/C=C/C(=O)Oc2ccc(OCc3ccccc3)cc2)c1OC. The minimum absolute atomic E-state index is 0.435. The van der Waals surface area contributed by atoms with E-state index in [-0.39, 0.29) is 0 Å². The lowest BCUT2D eigenvalue weighted by molar-refractivity contribution is -0.128. The molecule has 0 aliphatic heterocycles. The molecule has 0 saturated heterocycles. The number of rotatable bonds is 8. The quantitative estimate of drug-likeness (QED) is 0.311. The minimum Gasteiger partial charge on any atom is -0.493 e. The second-order valence-electron chi connectivity index (χ2n) is 6.08. The van der Waals surface area contributed by atoms with Gasteiger partial charge in [0.15, 0.2) is 11.5 Å². The van der Waals surface area contributed by atoms with Gasteiger partial charge in [-0.1, -0.05) is 42.5 Å². The van der Waals surface area contributed by atoms with E-state index < -0.39 is 5.97 Å². The molecule has 0 atom stereocenters. The van der Waals surface area contributed by atoms with E-state index in [0.717, 1.165) is 5.56 Å². The van der Waals surface area contributed by atoms with Crippen LogP contribution in [0.2, 0.25) is 0 Å². The first-order valence-electron chi connectivity index (χ1n) is 9.07. The van der Waals surface area contributed by atoms with Crippen molar-refractivity contribution in [3.05, 3.63) is 90.0 Å². The summed E-state index contributed by atoms with van der Waals surface area (Å²) in [6.45, 7) is 0.477. The van der Waals surface area contributed by atoms with Crippen LogP contribution in [0.25, 0.3) is 6.08 Å². The van der Waals surface area contributed by atoms with Gasteiger partial charge in [0.05, 0.1) is 14.2 Å². The van der Waals surface area contributed by atoms with Gasteiger partial charge in [0, 0.05) is 11.6 Å². The third-order valence-corrected chi connectivity index (χ3v) is 4.12. The van der Waals surface area contributed by atoms with Crippen molar-refractivity contribution in [2.75, 3.05) is 14.2 Å². The smallest absolute Gasteiger partial charge is 0.336 e. The number of para-hydroxylation sites is 1. The van der Waals surface area contributed by atoms with Crippen LogP contribution in [-0.4, -0.2) is 20.2 Å². The number of carbonyl (C=O) groups is 1. The molecule has 0 unspecified atom stereocenters. The number of esters is 1. The van der Waals surface area contributed by atoms with Crippen LogP contribution in [0.1, 0.15) is 11.1 Å². The molecule has 3 aromatic rings. The zero-order valence-electron chi connectivity index (χ0n) is 16.3. The van der Waals surface area contributed by atoms with E-state index in [2.05, 4.69) is 0 Å². The molecule has 148 valence electrons. The van der Waals surface area contributed by atoms with Crippen molar-refractivity contribution in [2.24, 2.45) is 0 Å². The fraction of sp³-hybridized carbons (Fsp3) is 0.125. The van der Waals surface area contributed by atoms with Gasteiger partial charge in [-0.05, 0) is 42.0 Å². The van der Waals surface area contributed by atoms with Crippen LogP contribution in [-0.2, 0) is 11.4 Å². The maximum Gasteiger partial charge on any atom is 0.336 e. The Morgan fingerprint density at radius 3 is 2.24 bits per heavy atom. The van der Waals surface area contributed by atoms with Crippen molar-refractivity contribution in [3.63, 3.8) is 0 Å². The molecule has 3 rings (SSSR count). The molecule has 5 nitrogen and oxygen atoms in total. The molecule has 0 N–H and O–H groups in total. The standard InChI is InChI=1S/C24H22O5/c1-26-22-10-6-9-19(24(22)27-2)11-16-23(25)29-21-14-12-20(13-15-21)28-17-18-7-4-3-5-8-18/h3-16H,17H2,1-2H3/b16-11+. The molecule has 29 heavy (non-hydrogen) atoms. The number of ether oxygens (including phenoxy) is 4. The van der Waals surface area contributed by atoms with E-state index in [1.807, 2.05) is 42.5 Å². The van der Waals surface area contributed by atoms with Crippen molar-refractivity contribution in [1.29, 1.82) is 0 Å². The fourth-order valence-electron chi connectivity index (χ4n) is 2.70. The number of carbonyl (C=O) groups excluding carboxylic acids is 1. The van der Waals surface area contributed by atoms with Gasteiger partial charge in [-0.2, -0.15) is 0 Å². The highest BCUT2D eigenvalue weighted by Gasteiger charge is 2.08. The first kappa shape index (κ1) is 20.0. The molecule has 0 aromatic heterocycles. The maximum atomic E-state index is 12.1. The number of benzene rings is 3. The molecule has 0 radical (unpaired) electrons. The zero-order valence-corrected chi connectivity index (χ0v) is 16.3. The summed E-state index contributed by atoms with van der Waals surface area (Å²) in [7, 11) is 3.11. The lowest BCUT2D eigenvalue weighted by atomic mass is 10.1. The van der Waals surface area contributed by atoms with E-state index in [0.29, 0.717) is 35.2 Å². The Balaban J connectivity index is 1.57. The van der Waals surface area contributed by atoms with Gasteiger partial charge < -0.3 is 18.9 Å². The van der Waals surface area contributed by atoms with E-state index in [1.54, 1.807) is 50.6 Å². The molecule has 0 heterocycles. The molecule has 0 fully saturated rings. The Hall–Kier alpha value is -3.73. The first-order valence-corrected chi connectivity index (χ1v) is 9.07. The highest BCUT2D eigenvalue weighted by Crippen LogP contribution is 2.31. The lowest BCUT2D eigenvalue weighted by Crippen LogP contribution is -2.04. The van der Waals surface area contributed by atoms with Crippen molar-refractivity contribution < 1.29 is 23.7 Å². The third-order valence-electron chi connectivity index (χ3n) is 4.12. The summed E-state index contributed by atoms with van der Waals surface area (Å²) >= 11 is 0. The fourth-order valence-corrected chi connectivity index (χ4v) is 2.70. The molecule has 0 aliphatic carbocycles. The van der Waals surface area contributed by atoms with Gasteiger partial charge in [0.1, 0.15) is 18.1 Å². The summed E-state index contributed by atoms with van der Waals surface area (Å²) in [4.78, 5) is 12.1. The maximum absolute atomic E-state index is 12.1. The van der Waals surface area contributed by atoms with Crippen molar-refractivity contribution in [3.8, 4) is 23.0 Å². The Morgan fingerprint density at radius 1 is 0.828 bits per heavy atom. The predicted molar refractivity (Wildman–Crippen MR) is 111 cm³/mol. The zero-order chi connectivity index (χ0) is 20.5. The van der Waals surface area contributed by atoms with Crippen LogP contribution < -0.4 is 18.9 Å². The number of methoxy groups -OCH3 is 2. The Labute approximate surface area is 170 Å². The van der Waals surface area contributed by atoms with Crippen molar-refractivity contribution >= 4 is 12.0 Å². The van der Waals surface area contributed by atoms with Gasteiger partial charge in [0.2, 0.25) is 0 Å². The highest BCUT2D eigenvalue weighted by molar-refractivity contribution is 5.89. The number of hydrogen-bond acceptors (Lipinski definition) is 5. The Bertz CT molecular complexity index is 962. The topological polar surface area (TPSA) is 54.0 Å². The highest BCUT2D eigenvalue weighted by atomic mass is 16.5. The van der Waals surface area contributed by atoms with Crippen LogP contribution in [0.15, 0.2) is 78.9 Å². The van der Waals surface area contributed by atoms with Gasteiger partial charge in [-0.3, -0.25) is 0 Å². The molecular formula is C24H22O5. The van der Waals surface area contributed by atoms with E-state index in [9.17, 15) is 4.79 Å². The molecule has 0 aliphatic rings. The van der Waals surface area contributed by atoms with Crippen LogP contribution >= 0.6 is 0 Å². The Morgan fingerprint density at radius 2 is 1.55 bits per heavy atom. The van der Waals surface area contributed by atoms with Gasteiger partial charge >= 0.3 is 5.97 Å². The molecule has 0 spiro atoms. The van der Waals surface area contributed by atoms with Crippen molar-refractivity contribution in [1.82, 2.24) is 0 Å². The largest absolute Gasteiger partial charge is 0.493 e. The summed E-state index contributed by atoms with van der Waals surface area (Å²) in [5, 5.41) is 0. The summed E-state index contributed by atoms with van der Waals surface area (Å²) in [5.41, 5.74) is 1.80. The van der Waals surface area contributed by atoms with Gasteiger partial charge in [0.25, 0.3) is 0 Å². The predicted octanol–water partition coefficient (Wildman–Crippen LogP) is 4.90. The van der Waals surface area contributed by atoms with Crippen LogP contribution in [0.5, 0.6) is 23.0 Å². The lowest BCUT2D eigenvalue weighted by Gasteiger charge is -2.09. The van der Waals surface area contributed by atoms with Crippen LogP contribution in [0, 0.1) is 0 Å². The van der Waals surface area contributed by atoms with Gasteiger partial charge in [-0.25, -0.2) is 4.79 Å². The van der Waals surface area contributed by atoms with Crippen molar-refractivity contribution in [2.45, 2.75) is 6.61 Å². The molecule has 5 heteroatoms. The summed E-state index contributed by atoms with van der Waals surface area (Å²) in [5.74, 6) is 1.79. The molecular weight excluding hydrogens is 368 g/mol. The van der Waals surface area contributed by atoms with E-state index >= 15 is 0 Å². The molecule has 0 bridgehead atoms. The minimum atomic E-state index is -0.493. The third kappa shape index (κ3) is 5.62.